The number of benzene rings is 2. The molecular formula is C27H32ClNO4. The van der Waals surface area contributed by atoms with E-state index in [2.05, 4.69) is 6.92 Å². The Bertz CT molecular complexity index is 1050. The molecule has 1 N–H and O–H groups in total. The number of piperidine rings is 1. The summed E-state index contributed by atoms with van der Waals surface area (Å²) in [6.07, 6.45) is 8.91. The number of rotatable bonds is 5. The van der Waals surface area contributed by atoms with Crippen molar-refractivity contribution in [2.75, 3.05) is 0 Å². The molecule has 0 spiro atoms. The van der Waals surface area contributed by atoms with E-state index in [1.54, 1.807) is 0 Å². The molecule has 5 rings (SSSR count). The van der Waals surface area contributed by atoms with Gasteiger partial charge >= 0.3 is 5.97 Å². The van der Waals surface area contributed by atoms with Crippen molar-refractivity contribution in [1.82, 2.24) is 4.90 Å². The van der Waals surface area contributed by atoms with E-state index in [9.17, 15) is 14.7 Å². The first-order valence-corrected chi connectivity index (χ1v) is 12.8. The normalized spacial score (nSPS) is 29.3. The van der Waals surface area contributed by atoms with Crippen molar-refractivity contribution in [2.24, 2.45) is 11.8 Å². The van der Waals surface area contributed by atoms with Gasteiger partial charge in [0.1, 0.15) is 5.75 Å². The van der Waals surface area contributed by atoms with E-state index in [1.165, 1.54) is 19.3 Å². The lowest BCUT2D eigenvalue weighted by Gasteiger charge is -2.37. The fourth-order valence-electron chi connectivity index (χ4n) is 6.19. The van der Waals surface area contributed by atoms with Crippen molar-refractivity contribution in [3.8, 4) is 5.75 Å². The minimum atomic E-state index is -0.740. The molecule has 2 aliphatic heterocycles. The highest BCUT2D eigenvalue weighted by Crippen LogP contribution is 2.41. The maximum Gasteiger partial charge on any atom is 0.306 e. The number of fused-ring (bicyclic) bond motifs is 3. The average Bonchev–Trinajstić information content (AvgIpc) is 3.09. The van der Waals surface area contributed by atoms with Gasteiger partial charge < -0.3 is 14.7 Å². The molecule has 6 heteroatoms. The van der Waals surface area contributed by atoms with Gasteiger partial charge in [0.05, 0.1) is 17.0 Å². The lowest BCUT2D eigenvalue weighted by molar-refractivity contribution is -0.144. The van der Waals surface area contributed by atoms with Gasteiger partial charge in [0, 0.05) is 23.0 Å². The molecule has 1 aliphatic carbocycles. The number of hydrogen-bond donors (Lipinski definition) is 1. The molecule has 33 heavy (non-hydrogen) atoms. The Labute approximate surface area is 200 Å². The third-order valence-corrected chi connectivity index (χ3v) is 8.54. The van der Waals surface area contributed by atoms with Crippen LogP contribution >= 0.6 is 11.6 Å². The van der Waals surface area contributed by atoms with Crippen LogP contribution in [0.3, 0.4) is 0 Å². The number of amides is 1. The molecular weight excluding hydrogens is 438 g/mol. The van der Waals surface area contributed by atoms with Crippen LogP contribution in [0.2, 0.25) is 5.02 Å². The first kappa shape index (κ1) is 22.5. The Morgan fingerprint density at radius 3 is 2.36 bits per heavy atom. The van der Waals surface area contributed by atoms with Gasteiger partial charge in [-0.3, -0.25) is 9.59 Å². The molecule has 2 saturated heterocycles. The van der Waals surface area contributed by atoms with E-state index in [-0.39, 0.29) is 30.0 Å². The van der Waals surface area contributed by atoms with Gasteiger partial charge in [-0.15, -0.1) is 0 Å². The summed E-state index contributed by atoms with van der Waals surface area (Å²) in [6.45, 7) is 2.26. The van der Waals surface area contributed by atoms with Crippen molar-refractivity contribution >= 4 is 34.2 Å². The summed E-state index contributed by atoms with van der Waals surface area (Å²) in [5.74, 6) is 0.459. The maximum absolute atomic E-state index is 13.4. The first-order chi connectivity index (χ1) is 15.9. The van der Waals surface area contributed by atoms with Crippen molar-refractivity contribution in [3.63, 3.8) is 0 Å². The van der Waals surface area contributed by atoms with E-state index in [0.717, 1.165) is 48.1 Å². The van der Waals surface area contributed by atoms with Crippen LogP contribution < -0.4 is 4.74 Å². The zero-order valence-electron chi connectivity index (χ0n) is 19.1. The molecule has 176 valence electrons. The van der Waals surface area contributed by atoms with E-state index in [0.29, 0.717) is 23.4 Å². The predicted molar refractivity (Wildman–Crippen MR) is 129 cm³/mol. The van der Waals surface area contributed by atoms with E-state index < -0.39 is 5.97 Å². The quantitative estimate of drug-likeness (QED) is 0.557. The number of ether oxygens (including phenoxy) is 1. The van der Waals surface area contributed by atoms with Crippen LogP contribution in [0.15, 0.2) is 30.3 Å². The number of aliphatic carboxylic acids is 1. The molecule has 0 aromatic heterocycles. The standard InChI is InChI=1S/C27H32ClNO4/c1-2-16-3-9-22(10-4-16)33-24-12-6-17-13-18(5-11-23(17)25(24)28)26(30)29-20-7-8-21(29)15-19(14-20)27(31)32/h5-6,11-13,16,19-22H,2-4,7-10,14-15H2,1H3,(H,31,32)/t16-,19?,20?,21?,22+. The SMILES string of the molecule is CC[C@H]1CC[C@@H](Oc2ccc3cc(C(=O)N4C5CCC4CC(C(=O)O)C5)ccc3c2Cl)CC1. The van der Waals surface area contributed by atoms with Crippen molar-refractivity contribution in [1.29, 1.82) is 0 Å². The summed E-state index contributed by atoms with van der Waals surface area (Å²) < 4.78 is 6.27. The van der Waals surface area contributed by atoms with Crippen LogP contribution in [0.25, 0.3) is 10.8 Å². The number of carboxylic acid groups (broad SMARTS) is 1. The molecule has 2 unspecified atom stereocenters. The lowest BCUT2D eigenvalue weighted by Crippen LogP contribution is -2.47. The third-order valence-electron chi connectivity index (χ3n) is 8.15. The molecule has 3 fully saturated rings. The van der Waals surface area contributed by atoms with Gasteiger partial charge in [0.15, 0.2) is 0 Å². The van der Waals surface area contributed by atoms with Crippen LogP contribution in [0.1, 0.15) is 75.1 Å². The van der Waals surface area contributed by atoms with Crippen LogP contribution in [0, 0.1) is 11.8 Å². The molecule has 3 aliphatic rings. The fraction of sp³-hybridized carbons (Fsp3) is 0.556. The lowest BCUT2D eigenvalue weighted by atomic mass is 9.86. The smallest absolute Gasteiger partial charge is 0.306 e. The molecule has 2 bridgehead atoms. The van der Waals surface area contributed by atoms with Gasteiger partial charge in [0.25, 0.3) is 5.91 Å². The van der Waals surface area contributed by atoms with Gasteiger partial charge in [-0.2, -0.15) is 0 Å². The Hall–Kier alpha value is -2.27. The van der Waals surface area contributed by atoms with E-state index in [1.807, 2.05) is 35.2 Å². The highest BCUT2D eigenvalue weighted by molar-refractivity contribution is 6.37. The third kappa shape index (κ3) is 4.32. The number of nitrogens with zero attached hydrogens (tertiary/aromatic N) is 1. The minimum absolute atomic E-state index is 0.00243. The largest absolute Gasteiger partial charge is 0.489 e. The van der Waals surface area contributed by atoms with Crippen molar-refractivity contribution in [2.45, 2.75) is 82.9 Å². The number of halogens is 1. The predicted octanol–water partition coefficient (Wildman–Crippen LogP) is 6.31. The molecule has 2 aromatic carbocycles. The second-order valence-corrected chi connectivity index (χ2v) is 10.5. The van der Waals surface area contributed by atoms with Crippen LogP contribution in [-0.4, -0.2) is 40.1 Å². The summed E-state index contributed by atoms with van der Waals surface area (Å²) in [6, 6.07) is 9.61. The molecule has 2 heterocycles. The van der Waals surface area contributed by atoms with Crippen LogP contribution in [-0.2, 0) is 4.79 Å². The summed E-state index contributed by atoms with van der Waals surface area (Å²) in [5, 5.41) is 11.8. The summed E-state index contributed by atoms with van der Waals surface area (Å²) in [5.41, 5.74) is 0.635. The van der Waals surface area contributed by atoms with Crippen molar-refractivity contribution in [3.05, 3.63) is 40.9 Å². The zero-order chi connectivity index (χ0) is 23.1. The summed E-state index contributed by atoms with van der Waals surface area (Å²) in [4.78, 5) is 26.8. The van der Waals surface area contributed by atoms with E-state index >= 15 is 0 Å². The monoisotopic (exact) mass is 469 g/mol. The Morgan fingerprint density at radius 1 is 1.03 bits per heavy atom. The molecule has 1 amide bonds. The van der Waals surface area contributed by atoms with E-state index in [4.69, 9.17) is 16.3 Å². The molecule has 2 aromatic rings. The van der Waals surface area contributed by atoms with Crippen molar-refractivity contribution < 1.29 is 19.4 Å². The Balaban J connectivity index is 1.33. The zero-order valence-corrected chi connectivity index (χ0v) is 19.9. The first-order valence-electron chi connectivity index (χ1n) is 12.4. The van der Waals surface area contributed by atoms with Gasteiger partial charge in [-0.25, -0.2) is 0 Å². The fourth-order valence-corrected chi connectivity index (χ4v) is 6.47. The Kier molecular flexibility index (Phi) is 6.26. The molecule has 1 saturated carbocycles. The maximum atomic E-state index is 13.4. The van der Waals surface area contributed by atoms with Crippen LogP contribution in [0.4, 0.5) is 0 Å². The number of carbonyl (C=O) groups is 2. The highest BCUT2D eigenvalue weighted by atomic mass is 35.5. The Morgan fingerprint density at radius 2 is 1.73 bits per heavy atom. The number of hydrogen-bond acceptors (Lipinski definition) is 3. The summed E-state index contributed by atoms with van der Waals surface area (Å²) in [7, 11) is 0. The minimum Gasteiger partial charge on any atom is -0.489 e. The number of carboxylic acids is 1. The second-order valence-electron chi connectivity index (χ2n) is 10.1. The van der Waals surface area contributed by atoms with Gasteiger partial charge in [0.2, 0.25) is 0 Å². The molecule has 2 atom stereocenters. The second kappa shape index (κ2) is 9.17. The highest BCUT2D eigenvalue weighted by Gasteiger charge is 2.45. The number of carbonyl (C=O) groups excluding carboxylic acids is 1. The average molecular weight is 470 g/mol. The molecule has 5 nitrogen and oxygen atoms in total. The van der Waals surface area contributed by atoms with Gasteiger partial charge in [-0.1, -0.05) is 37.1 Å². The van der Waals surface area contributed by atoms with Gasteiger partial charge in [-0.05, 0) is 80.9 Å². The topological polar surface area (TPSA) is 66.8 Å². The van der Waals surface area contributed by atoms with Crippen LogP contribution in [0.5, 0.6) is 5.75 Å². The molecule has 0 radical (unpaired) electrons. The summed E-state index contributed by atoms with van der Waals surface area (Å²) >= 11 is 6.72.